The first-order valence-electron chi connectivity index (χ1n) is 6.91. The zero-order valence-electron chi connectivity index (χ0n) is 12.2. The number of para-hydroxylation sites is 1. The first kappa shape index (κ1) is 16.0. The van der Waals surface area contributed by atoms with Crippen LogP contribution in [0.5, 0.6) is 5.75 Å². The number of hydrogen-bond donors (Lipinski definition) is 2. The molecule has 0 bridgehead atoms. The van der Waals surface area contributed by atoms with E-state index in [1.165, 1.54) is 0 Å². The average molecular weight is 266 g/mol. The molecule has 0 fully saturated rings. The third kappa shape index (κ3) is 5.19. The van der Waals surface area contributed by atoms with E-state index in [2.05, 4.69) is 25.7 Å². The predicted molar refractivity (Wildman–Crippen MR) is 78.2 cm³/mol. The highest BCUT2D eigenvalue weighted by atomic mass is 16.5. The molecule has 0 aliphatic carbocycles. The number of hydrogen-bond acceptors (Lipinski definition) is 4. The molecule has 0 saturated carbocycles. The van der Waals surface area contributed by atoms with Crippen molar-refractivity contribution in [3.05, 3.63) is 29.8 Å². The Bertz CT molecular complexity index is 369. The van der Waals surface area contributed by atoms with Crippen molar-refractivity contribution in [3.63, 3.8) is 0 Å². The summed E-state index contributed by atoms with van der Waals surface area (Å²) in [6, 6.07) is 8.09. The minimum atomic E-state index is -0.492. The van der Waals surface area contributed by atoms with Gasteiger partial charge >= 0.3 is 0 Å². The molecule has 0 aliphatic heterocycles. The van der Waals surface area contributed by atoms with Crippen molar-refractivity contribution in [1.82, 2.24) is 4.90 Å². The molecule has 3 N–H and O–H groups in total. The molecular formula is C15H26N2O2. The summed E-state index contributed by atoms with van der Waals surface area (Å²) >= 11 is 0. The van der Waals surface area contributed by atoms with E-state index in [0.29, 0.717) is 25.7 Å². The zero-order chi connectivity index (χ0) is 14.3. The van der Waals surface area contributed by atoms with Crippen LogP contribution in [0, 0.1) is 0 Å². The molecule has 108 valence electrons. The van der Waals surface area contributed by atoms with Crippen LogP contribution in [0.1, 0.15) is 26.3 Å². The van der Waals surface area contributed by atoms with Gasteiger partial charge in [0.2, 0.25) is 0 Å². The number of likely N-dealkylation sites (N-methyl/N-ethyl adjacent to an activating group) is 1. The number of aliphatic hydroxyl groups excluding tert-OH is 1. The van der Waals surface area contributed by atoms with E-state index in [0.717, 1.165) is 17.9 Å². The van der Waals surface area contributed by atoms with E-state index in [4.69, 9.17) is 10.5 Å². The molecule has 0 aromatic heterocycles. The Kier molecular flexibility index (Phi) is 6.84. The molecular weight excluding hydrogens is 240 g/mol. The third-order valence-electron chi connectivity index (χ3n) is 3.21. The van der Waals surface area contributed by atoms with E-state index in [1.807, 2.05) is 24.3 Å². The van der Waals surface area contributed by atoms with Crippen LogP contribution in [-0.4, -0.2) is 41.8 Å². The van der Waals surface area contributed by atoms with Gasteiger partial charge in [-0.15, -0.1) is 0 Å². The Morgan fingerprint density at radius 1 is 1.32 bits per heavy atom. The van der Waals surface area contributed by atoms with Crippen LogP contribution in [-0.2, 0) is 6.54 Å². The largest absolute Gasteiger partial charge is 0.491 e. The highest BCUT2D eigenvalue weighted by Crippen LogP contribution is 2.17. The summed E-state index contributed by atoms with van der Waals surface area (Å²) in [7, 11) is 0. The summed E-state index contributed by atoms with van der Waals surface area (Å²) < 4.78 is 5.66. The minimum Gasteiger partial charge on any atom is -0.491 e. The second kappa shape index (κ2) is 8.15. The van der Waals surface area contributed by atoms with Gasteiger partial charge in [0, 0.05) is 24.7 Å². The van der Waals surface area contributed by atoms with Crippen molar-refractivity contribution in [2.75, 3.05) is 19.7 Å². The van der Waals surface area contributed by atoms with Gasteiger partial charge in [0.25, 0.3) is 0 Å². The number of rotatable bonds is 8. The Labute approximate surface area is 116 Å². The van der Waals surface area contributed by atoms with Crippen molar-refractivity contribution in [2.45, 2.75) is 39.5 Å². The summed E-state index contributed by atoms with van der Waals surface area (Å²) in [5.74, 6) is 0.761. The third-order valence-corrected chi connectivity index (χ3v) is 3.21. The summed E-state index contributed by atoms with van der Waals surface area (Å²) in [6.07, 6.45) is -0.492. The van der Waals surface area contributed by atoms with Crippen LogP contribution >= 0.6 is 0 Å². The second-order valence-electron chi connectivity index (χ2n) is 4.96. The molecule has 1 aromatic carbocycles. The quantitative estimate of drug-likeness (QED) is 0.750. The van der Waals surface area contributed by atoms with E-state index >= 15 is 0 Å². The van der Waals surface area contributed by atoms with Gasteiger partial charge in [0.05, 0.1) is 0 Å². The molecule has 0 heterocycles. The summed E-state index contributed by atoms with van der Waals surface area (Å²) in [5.41, 5.74) is 6.61. The molecule has 4 heteroatoms. The number of aliphatic hydroxyl groups is 1. The summed E-state index contributed by atoms with van der Waals surface area (Å²) in [6.45, 7) is 8.63. The Balaban J connectivity index is 2.47. The number of ether oxygens (including phenoxy) is 1. The minimum absolute atomic E-state index is 0.292. The van der Waals surface area contributed by atoms with Gasteiger partial charge in [-0.05, 0) is 26.5 Å². The van der Waals surface area contributed by atoms with Crippen molar-refractivity contribution in [2.24, 2.45) is 5.73 Å². The van der Waals surface area contributed by atoms with Crippen LogP contribution in [0.3, 0.4) is 0 Å². The van der Waals surface area contributed by atoms with Gasteiger partial charge < -0.3 is 15.6 Å². The molecule has 0 spiro atoms. The van der Waals surface area contributed by atoms with E-state index in [1.54, 1.807) is 0 Å². The molecule has 1 atom stereocenters. The van der Waals surface area contributed by atoms with E-state index < -0.39 is 6.10 Å². The zero-order valence-corrected chi connectivity index (χ0v) is 12.2. The maximum Gasteiger partial charge on any atom is 0.123 e. The molecule has 0 amide bonds. The molecule has 1 aromatic rings. The SMILES string of the molecule is CCN(CC(O)COc1ccccc1CN)C(C)C. The number of nitrogens with zero attached hydrogens (tertiary/aromatic N) is 1. The molecule has 0 radical (unpaired) electrons. The average Bonchev–Trinajstić information content (AvgIpc) is 2.42. The van der Waals surface area contributed by atoms with Gasteiger partial charge in [-0.2, -0.15) is 0 Å². The first-order chi connectivity index (χ1) is 9.08. The fourth-order valence-corrected chi connectivity index (χ4v) is 2.03. The smallest absolute Gasteiger partial charge is 0.123 e. The summed E-state index contributed by atoms with van der Waals surface area (Å²) in [5, 5.41) is 10.0. The number of benzene rings is 1. The lowest BCUT2D eigenvalue weighted by Gasteiger charge is -2.27. The fourth-order valence-electron chi connectivity index (χ4n) is 2.03. The van der Waals surface area contributed by atoms with Crippen LogP contribution in [0.4, 0.5) is 0 Å². The topological polar surface area (TPSA) is 58.7 Å². The molecule has 19 heavy (non-hydrogen) atoms. The highest BCUT2D eigenvalue weighted by molar-refractivity contribution is 5.32. The van der Waals surface area contributed by atoms with E-state index in [-0.39, 0.29) is 0 Å². The standard InChI is InChI=1S/C15H26N2O2/c1-4-17(12(2)3)10-14(18)11-19-15-8-6-5-7-13(15)9-16/h5-8,12,14,18H,4,9-11,16H2,1-3H3. The van der Waals surface area contributed by atoms with Gasteiger partial charge in [0.15, 0.2) is 0 Å². The van der Waals surface area contributed by atoms with Crippen LogP contribution < -0.4 is 10.5 Å². The van der Waals surface area contributed by atoms with Gasteiger partial charge in [-0.1, -0.05) is 25.1 Å². The maximum atomic E-state index is 10.0. The Morgan fingerprint density at radius 3 is 2.58 bits per heavy atom. The summed E-state index contributed by atoms with van der Waals surface area (Å²) in [4.78, 5) is 2.21. The maximum absolute atomic E-state index is 10.0. The van der Waals surface area contributed by atoms with Crippen molar-refractivity contribution >= 4 is 0 Å². The predicted octanol–water partition coefficient (Wildman–Crippen LogP) is 1.62. The van der Waals surface area contributed by atoms with E-state index in [9.17, 15) is 5.11 Å². The lowest BCUT2D eigenvalue weighted by Crippen LogP contribution is -2.39. The Hall–Kier alpha value is -1.10. The van der Waals surface area contributed by atoms with Crippen LogP contribution in [0.15, 0.2) is 24.3 Å². The lowest BCUT2D eigenvalue weighted by molar-refractivity contribution is 0.0594. The van der Waals surface area contributed by atoms with Gasteiger partial charge in [0.1, 0.15) is 18.5 Å². The monoisotopic (exact) mass is 266 g/mol. The van der Waals surface area contributed by atoms with Gasteiger partial charge in [-0.25, -0.2) is 0 Å². The lowest BCUT2D eigenvalue weighted by atomic mass is 10.2. The first-order valence-corrected chi connectivity index (χ1v) is 6.91. The number of nitrogens with two attached hydrogens (primary N) is 1. The molecule has 1 rings (SSSR count). The molecule has 4 nitrogen and oxygen atoms in total. The normalized spacial score (nSPS) is 13.0. The van der Waals surface area contributed by atoms with Gasteiger partial charge in [-0.3, -0.25) is 4.90 Å². The molecule has 0 saturated heterocycles. The van der Waals surface area contributed by atoms with Crippen molar-refractivity contribution in [1.29, 1.82) is 0 Å². The van der Waals surface area contributed by atoms with Crippen molar-refractivity contribution < 1.29 is 9.84 Å². The fraction of sp³-hybridized carbons (Fsp3) is 0.600. The highest BCUT2D eigenvalue weighted by Gasteiger charge is 2.14. The molecule has 0 aliphatic rings. The second-order valence-corrected chi connectivity index (χ2v) is 4.96. The van der Waals surface area contributed by atoms with Crippen LogP contribution in [0.25, 0.3) is 0 Å². The van der Waals surface area contributed by atoms with Crippen molar-refractivity contribution in [3.8, 4) is 5.75 Å². The van der Waals surface area contributed by atoms with Crippen LogP contribution in [0.2, 0.25) is 0 Å². The molecule has 1 unspecified atom stereocenters. The Morgan fingerprint density at radius 2 is 2.00 bits per heavy atom.